The summed E-state index contributed by atoms with van der Waals surface area (Å²) in [4.78, 5) is 15.3. The number of hydrogen-bond donors (Lipinski definition) is 2. The van der Waals surface area contributed by atoms with Crippen molar-refractivity contribution in [3.63, 3.8) is 0 Å². The zero-order chi connectivity index (χ0) is 13.1. The summed E-state index contributed by atoms with van der Waals surface area (Å²) in [6.45, 7) is 1.62. The summed E-state index contributed by atoms with van der Waals surface area (Å²) in [5.74, 6) is -0.0544. The highest BCUT2D eigenvalue weighted by Crippen LogP contribution is 2.18. The molecular formula is C10H15N3O3S. The van der Waals surface area contributed by atoms with Gasteiger partial charge in [0.05, 0.1) is 0 Å². The zero-order valence-electron chi connectivity index (χ0n) is 9.89. The van der Waals surface area contributed by atoms with E-state index >= 15 is 0 Å². The third-order valence-electron chi connectivity index (χ3n) is 2.16. The van der Waals surface area contributed by atoms with Crippen molar-refractivity contribution in [1.82, 2.24) is 10.3 Å². The molecule has 1 unspecified atom stereocenters. The summed E-state index contributed by atoms with van der Waals surface area (Å²) in [7, 11) is -1.86. The average Bonchev–Trinajstić information content (AvgIpc) is 2.27. The number of anilines is 1. The van der Waals surface area contributed by atoms with Gasteiger partial charge >= 0.3 is 0 Å². The molecule has 0 spiro atoms. The number of amides is 1. The molecule has 0 aliphatic rings. The quantitative estimate of drug-likeness (QED) is 0.794. The van der Waals surface area contributed by atoms with Crippen LogP contribution in [0, 0.1) is 0 Å². The molecule has 1 rings (SSSR count). The standard InChI is InChI=1S/C10H15N3O3S/c1-7(10(14)11-2)13-9-8(17(3,15)16)5-4-6-12-9/h4-7H,1-3H3,(H,11,14)(H,12,13). The van der Waals surface area contributed by atoms with Crippen LogP contribution in [0.5, 0.6) is 0 Å². The first-order valence-electron chi connectivity index (χ1n) is 4.99. The predicted molar refractivity (Wildman–Crippen MR) is 64.5 cm³/mol. The van der Waals surface area contributed by atoms with E-state index in [9.17, 15) is 13.2 Å². The van der Waals surface area contributed by atoms with E-state index in [4.69, 9.17) is 0 Å². The highest BCUT2D eigenvalue weighted by molar-refractivity contribution is 7.90. The number of nitrogens with one attached hydrogen (secondary N) is 2. The van der Waals surface area contributed by atoms with Gasteiger partial charge in [-0.3, -0.25) is 4.79 Å². The molecule has 17 heavy (non-hydrogen) atoms. The van der Waals surface area contributed by atoms with Gasteiger partial charge in [-0.25, -0.2) is 13.4 Å². The van der Waals surface area contributed by atoms with Crippen molar-refractivity contribution in [1.29, 1.82) is 0 Å². The molecule has 1 amide bonds. The SMILES string of the molecule is CNC(=O)C(C)Nc1ncccc1S(C)(=O)=O. The molecule has 0 bridgehead atoms. The summed E-state index contributed by atoms with van der Waals surface area (Å²) in [5, 5.41) is 5.23. The molecule has 2 N–H and O–H groups in total. The fraction of sp³-hybridized carbons (Fsp3) is 0.400. The van der Waals surface area contributed by atoms with Crippen molar-refractivity contribution in [2.45, 2.75) is 17.9 Å². The van der Waals surface area contributed by atoms with Crippen molar-refractivity contribution in [2.24, 2.45) is 0 Å². The lowest BCUT2D eigenvalue weighted by atomic mass is 10.3. The molecule has 1 atom stereocenters. The molecule has 94 valence electrons. The van der Waals surface area contributed by atoms with E-state index in [2.05, 4.69) is 15.6 Å². The number of hydrogen-bond acceptors (Lipinski definition) is 5. The number of nitrogens with zero attached hydrogens (tertiary/aromatic N) is 1. The molecule has 0 saturated carbocycles. The first-order chi connectivity index (χ1) is 7.86. The van der Waals surface area contributed by atoms with Crippen molar-refractivity contribution in [3.8, 4) is 0 Å². The third kappa shape index (κ3) is 3.42. The summed E-state index contributed by atoms with van der Waals surface area (Å²) < 4.78 is 23.0. The lowest BCUT2D eigenvalue weighted by molar-refractivity contribution is -0.121. The minimum absolute atomic E-state index is 0.0794. The predicted octanol–water partition coefficient (Wildman–Crippen LogP) is 0.0315. The van der Waals surface area contributed by atoms with Crippen molar-refractivity contribution in [2.75, 3.05) is 18.6 Å². The number of pyridine rings is 1. The number of carbonyl (C=O) groups excluding carboxylic acids is 1. The second kappa shape index (κ2) is 5.13. The van der Waals surface area contributed by atoms with Gasteiger partial charge in [0, 0.05) is 19.5 Å². The highest BCUT2D eigenvalue weighted by Gasteiger charge is 2.18. The summed E-state index contributed by atoms with van der Waals surface area (Å²) >= 11 is 0. The maximum atomic E-state index is 11.5. The van der Waals surface area contributed by atoms with Gasteiger partial charge in [-0.05, 0) is 19.1 Å². The summed E-state index contributed by atoms with van der Waals surface area (Å²) in [5.41, 5.74) is 0. The number of likely N-dealkylation sites (N-methyl/N-ethyl adjacent to an activating group) is 1. The van der Waals surface area contributed by atoms with Gasteiger partial charge in [0.25, 0.3) is 0 Å². The molecule has 6 nitrogen and oxygen atoms in total. The van der Waals surface area contributed by atoms with Gasteiger partial charge in [-0.2, -0.15) is 0 Å². The fourth-order valence-corrected chi connectivity index (χ4v) is 2.07. The molecule has 1 aromatic rings. The van der Waals surface area contributed by atoms with E-state index in [0.717, 1.165) is 6.26 Å². The molecule has 0 aliphatic carbocycles. The van der Waals surface area contributed by atoms with Crippen LogP contribution in [0.1, 0.15) is 6.92 Å². The van der Waals surface area contributed by atoms with Gasteiger partial charge in [0.1, 0.15) is 16.8 Å². The molecule has 0 fully saturated rings. The van der Waals surface area contributed by atoms with E-state index < -0.39 is 15.9 Å². The summed E-state index contributed by atoms with van der Waals surface area (Å²) in [6.07, 6.45) is 2.56. The van der Waals surface area contributed by atoms with Crippen molar-refractivity contribution < 1.29 is 13.2 Å². The van der Waals surface area contributed by atoms with Gasteiger partial charge in [0.15, 0.2) is 9.84 Å². The molecule has 0 radical (unpaired) electrons. The lowest BCUT2D eigenvalue weighted by Crippen LogP contribution is -2.35. The van der Waals surface area contributed by atoms with Crippen LogP contribution < -0.4 is 10.6 Å². The largest absolute Gasteiger partial charge is 0.358 e. The first kappa shape index (κ1) is 13.4. The Hall–Kier alpha value is -1.63. The monoisotopic (exact) mass is 257 g/mol. The molecule has 0 aliphatic heterocycles. The Morgan fingerprint density at radius 3 is 2.65 bits per heavy atom. The minimum Gasteiger partial charge on any atom is -0.358 e. The average molecular weight is 257 g/mol. The maximum absolute atomic E-state index is 11.5. The minimum atomic E-state index is -3.37. The molecule has 1 heterocycles. The fourth-order valence-electron chi connectivity index (χ4n) is 1.29. The Labute approximate surface area is 100 Å². The van der Waals surface area contributed by atoms with Gasteiger partial charge in [-0.15, -0.1) is 0 Å². The number of carbonyl (C=O) groups is 1. The Morgan fingerprint density at radius 1 is 1.47 bits per heavy atom. The summed E-state index contributed by atoms with van der Waals surface area (Å²) in [6, 6.07) is 2.42. The third-order valence-corrected chi connectivity index (χ3v) is 3.29. The number of rotatable bonds is 4. The van der Waals surface area contributed by atoms with Crippen molar-refractivity contribution in [3.05, 3.63) is 18.3 Å². The Bertz CT molecular complexity index is 513. The molecule has 1 aromatic heterocycles. The molecular weight excluding hydrogens is 242 g/mol. The van der Waals surface area contributed by atoms with Gasteiger partial charge < -0.3 is 10.6 Å². The zero-order valence-corrected chi connectivity index (χ0v) is 10.7. The Morgan fingerprint density at radius 2 is 2.12 bits per heavy atom. The van der Waals surface area contributed by atoms with Gasteiger partial charge in [-0.1, -0.05) is 0 Å². The van der Waals surface area contributed by atoms with Crippen LogP contribution in [-0.2, 0) is 14.6 Å². The van der Waals surface area contributed by atoms with E-state index in [-0.39, 0.29) is 16.6 Å². The van der Waals surface area contributed by atoms with Crippen molar-refractivity contribution >= 4 is 21.6 Å². The number of sulfone groups is 1. The first-order valence-corrected chi connectivity index (χ1v) is 6.88. The van der Waals surface area contributed by atoms with E-state index in [0.29, 0.717) is 0 Å². The normalized spacial score (nSPS) is 12.9. The van der Waals surface area contributed by atoms with E-state index in [1.165, 1.54) is 25.4 Å². The second-order valence-corrected chi connectivity index (χ2v) is 5.59. The molecule has 7 heteroatoms. The van der Waals surface area contributed by atoms with Crippen LogP contribution in [-0.4, -0.2) is 38.7 Å². The Balaban J connectivity index is 3.04. The van der Waals surface area contributed by atoms with E-state index in [1.54, 1.807) is 6.92 Å². The van der Waals surface area contributed by atoms with Crippen LogP contribution in [0.15, 0.2) is 23.2 Å². The second-order valence-electron chi connectivity index (χ2n) is 3.60. The Kier molecular flexibility index (Phi) is 4.06. The lowest BCUT2D eigenvalue weighted by Gasteiger charge is -2.14. The topological polar surface area (TPSA) is 88.2 Å². The van der Waals surface area contributed by atoms with E-state index in [1.807, 2.05) is 0 Å². The van der Waals surface area contributed by atoms with Crippen LogP contribution in [0.4, 0.5) is 5.82 Å². The van der Waals surface area contributed by atoms with Crippen LogP contribution in [0.2, 0.25) is 0 Å². The van der Waals surface area contributed by atoms with Crippen LogP contribution >= 0.6 is 0 Å². The molecule has 0 saturated heterocycles. The highest BCUT2D eigenvalue weighted by atomic mass is 32.2. The molecule has 0 aromatic carbocycles. The van der Waals surface area contributed by atoms with Gasteiger partial charge in [0.2, 0.25) is 5.91 Å². The smallest absolute Gasteiger partial charge is 0.241 e. The van der Waals surface area contributed by atoms with Crippen LogP contribution in [0.3, 0.4) is 0 Å². The van der Waals surface area contributed by atoms with Crippen LogP contribution in [0.25, 0.3) is 0 Å². The maximum Gasteiger partial charge on any atom is 0.241 e. The number of aromatic nitrogens is 1.